The number of nitrogens with zero attached hydrogens (tertiary/aromatic N) is 4. The lowest BCUT2D eigenvalue weighted by Gasteiger charge is -2.15. The van der Waals surface area contributed by atoms with E-state index in [-0.39, 0.29) is 10.8 Å². The van der Waals surface area contributed by atoms with E-state index in [2.05, 4.69) is 20.1 Å². The zero-order chi connectivity index (χ0) is 22.2. The molecule has 156 valence electrons. The quantitative estimate of drug-likeness (QED) is 0.620. The minimum absolute atomic E-state index is 0.150. The summed E-state index contributed by atoms with van der Waals surface area (Å²) in [7, 11) is -1.77. The fourth-order valence-corrected chi connectivity index (χ4v) is 4.34. The predicted molar refractivity (Wildman–Crippen MR) is 116 cm³/mol. The first-order valence-electron chi connectivity index (χ1n) is 9.43. The molecule has 0 bridgehead atoms. The van der Waals surface area contributed by atoms with Gasteiger partial charge in [-0.2, -0.15) is 0 Å². The number of benzene rings is 1. The Morgan fingerprint density at radius 2 is 1.94 bits per heavy atom. The number of sulfone groups is 1. The van der Waals surface area contributed by atoms with Crippen LogP contribution in [-0.2, 0) is 22.8 Å². The van der Waals surface area contributed by atoms with Crippen molar-refractivity contribution in [3.8, 4) is 0 Å². The van der Waals surface area contributed by atoms with Crippen LogP contribution < -0.4 is 5.32 Å². The van der Waals surface area contributed by atoms with E-state index >= 15 is 0 Å². The Kier molecular flexibility index (Phi) is 5.17. The highest BCUT2D eigenvalue weighted by Crippen LogP contribution is 2.33. The summed E-state index contributed by atoms with van der Waals surface area (Å²) < 4.78 is 24.4. The van der Waals surface area contributed by atoms with E-state index in [0.29, 0.717) is 47.0 Å². The molecule has 1 aromatic carbocycles. The highest BCUT2D eigenvalue weighted by atomic mass is 32.2. The molecule has 3 aromatic rings. The number of aromatic nitrogens is 2. The molecule has 9 heteroatoms. The molecular weight excluding hydrogens is 414 g/mol. The van der Waals surface area contributed by atoms with Crippen LogP contribution in [0.3, 0.4) is 0 Å². The van der Waals surface area contributed by atoms with Crippen molar-refractivity contribution in [3.63, 3.8) is 0 Å². The molecule has 8 nitrogen and oxygen atoms in total. The highest BCUT2D eigenvalue weighted by Gasteiger charge is 2.30. The second-order valence-electron chi connectivity index (χ2n) is 7.33. The number of hydrogen-bond acceptors (Lipinski definition) is 6. The van der Waals surface area contributed by atoms with Gasteiger partial charge in [0.25, 0.3) is 5.91 Å². The number of nitrogens with one attached hydrogen (secondary N) is 1. The number of para-hydroxylation sites is 1. The molecule has 0 spiro atoms. The number of carbonyl (C=O) groups excluding carboxylic acids is 1. The monoisotopic (exact) mass is 433 g/mol. The summed E-state index contributed by atoms with van der Waals surface area (Å²) in [5, 5.41) is 3.15. The minimum atomic E-state index is -3.46. The molecule has 1 aliphatic rings. The van der Waals surface area contributed by atoms with Gasteiger partial charge in [0.1, 0.15) is 0 Å². The zero-order valence-electron chi connectivity index (χ0n) is 17.0. The van der Waals surface area contributed by atoms with Gasteiger partial charge in [-0.1, -0.05) is 24.3 Å². The van der Waals surface area contributed by atoms with Gasteiger partial charge in [0.05, 0.1) is 40.6 Å². The largest absolute Gasteiger partial charge is 0.354 e. The van der Waals surface area contributed by atoms with Crippen LogP contribution in [0.1, 0.15) is 27.4 Å². The molecule has 1 amide bonds. The van der Waals surface area contributed by atoms with E-state index in [1.807, 2.05) is 0 Å². The smallest absolute Gasteiger partial charge is 0.257 e. The van der Waals surface area contributed by atoms with Crippen molar-refractivity contribution < 1.29 is 13.2 Å². The molecule has 3 heterocycles. The topological polar surface area (TPSA) is 96.6 Å². The number of amides is 1. The van der Waals surface area contributed by atoms with Gasteiger partial charge in [0.15, 0.2) is 9.84 Å². The highest BCUT2D eigenvalue weighted by molar-refractivity contribution is 7.90. The predicted octanol–water partition coefficient (Wildman–Crippen LogP) is 3.35. The molecule has 0 unspecified atom stereocenters. The summed E-state index contributed by atoms with van der Waals surface area (Å²) in [5.74, 6) is -0.173. The van der Waals surface area contributed by atoms with Gasteiger partial charge in [0.2, 0.25) is 5.69 Å². The summed E-state index contributed by atoms with van der Waals surface area (Å²) in [5.41, 5.74) is 3.84. The number of hydrogen-bond donors (Lipinski definition) is 1. The molecule has 0 fully saturated rings. The Hall–Kier alpha value is -3.77. The molecule has 0 atom stereocenters. The Morgan fingerprint density at radius 3 is 2.61 bits per heavy atom. The maximum atomic E-state index is 12.7. The van der Waals surface area contributed by atoms with Gasteiger partial charge >= 0.3 is 0 Å². The minimum Gasteiger partial charge on any atom is -0.354 e. The van der Waals surface area contributed by atoms with Crippen LogP contribution in [0.2, 0.25) is 0 Å². The Bertz CT molecular complexity index is 1330. The third kappa shape index (κ3) is 4.11. The van der Waals surface area contributed by atoms with Crippen molar-refractivity contribution in [3.05, 3.63) is 82.7 Å². The Morgan fingerprint density at radius 1 is 1.16 bits per heavy atom. The average Bonchev–Trinajstić information content (AvgIpc) is 3.02. The van der Waals surface area contributed by atoms with Crippen LogP contribution in [-0.4, -0.2) is 42.5 Å². The Balaban J connectivity index is 1.77. The van der Waals surface area contributed by atoms with Gasteiger partial charge in [-0.05, 0) is 18.2 Å². The van der Waals surface area contributed by atoms with Crippen molar-refractivity contribution >= 4 is 32.8 Å². The molecule has 2 aromatic heterocycles. The number of fused-ring (bicyclic) bond motifs is 1. The SMILES string of the molecule is [C-]#[N+]c1ccc(Cc2cc(Nc3ccccc3S(C)(=O)=O)c3c(n2)CN(C)C3=O)nc1. The lowest BCUT2D eigenvalue weighted by atomic mass is 10.1. The number of rotatable bonds is 5. The van der Waals surface area contributed by atoms with Crippen molar-refractivity contribution in [1.29, 1.82) is 0 Å². The maximum Gasteiger partial charge on any atom is 0.257 e. The summed E-state index contributed by atoms with van der Waals surface area (Å²) in [6.07, 6.45) is 3.06. The normalized spacial score (nSPS) is 13.1. The first kappa shape index (κ1) is 20.5. The van der Waals surface area contributed by atoms with Crippen LogP contribution in [0.5, 0.6) is 0 Å². The standard InChI is InChI=1S/C22H19N5O3S/c1-23-15-9-8-14(24-12-15)10-16-11-18(21-19(25-16)13-27(2)22(21)28)26-17-6-4-5-7-20(17)31(3,29)30/h4-9,11-12H,10,13H2,2-3H3,(H,25,26). The number of pyridine rings is 2. The van der Waals surface area contributed by atoms with Crippen LogP contribution >= 0.6 is 0 Å². The summed E-state index contributed by atoms with van der Waals surface area (Å²) >= 11 is 0. The van der Waals surface area contributed by atoms with Crippen molar-refractivity contribution in [2.75, 3.05) is 18.6 Å². The van der Waals surface area contributed by atoms with Gasteiger partial charge in [0, 0.05) is 37.3 Å². The van der Waals surface area contributed by atoms with Crippen molar-refractivity contribution in [2.45, 2.75) is 17.9 Å². The third-order valence-electron chi connectivity index (χ3n) is 4.95. The van der Waals surface area contributed by atoms with Gasteiger partial charge in [-0.25, -0.2) is 13.3 Å². The third-order valence-corrected chi connectivity index (χ3v) is 6.11. The van der Waals surface area contributed by atoms with E-state index in [0.717, 1.165) is 11.9 Å². The molecule has 4 rings (SSSR count). The fourth-order valence-electron chi connectivity index (χ4n) is 3.50. The second kappa shape index (κ2) is 7.81. The van der Waals surface area contributed by atoms with Crippen LogP contribution in [0.25, 0.3) is 4.85 Å². The molecule has 0 aliphatic carbocycles. The number of carbonyl (C=O) groups is 1. The molecular formula is C22H19N5O3S. The Labute approximate surface area is 180 Å². The molecule has 0 saturated heterocycles. The molecule has 1 N–H and O–H groups in total. The van der Waals surface area contributed by atoms with Gasteiger partial charge in [-0.3, -0.25) is 14.8 Å². The van der Waals surface area contributed by atoms with Crippen LogP contribution in [0.4, 0.5) is 17.1 Å². The van der Waals surface area contributed by atoms with E-state index in [1.165, 1.54) is 12.3 Å². The van der Waals surface area contributed by atoms with Crippen molar-refractivity contribution in [1.82, 2.24) is 14.9 Å². The lowest BCUT2D eigenvalue weighted by Crippen LogP contribution is -2.18. The zero-order valence-corrected chi connectivity index (χ0v) is 17.8. The van der Waals surface area contributed by atoms with Crippen molar-refractivity contribution in [2.24, 2.45) is 0 Å². The maximum absolute atomic E-state index is 12.7. The summed E-state index contributed by atoms with van der Waals surface area (Å²) in [6.45, 7) is 7.41. The molecule has 1 aliphatic heterocycles. The summed E-state index contributed by atoms with van der Waals surface area (Å²) in [6, 6.07) is 11.8. The average molecular weight is 433 g/mol. The first-order valence-corrected chi connectivity index (χ1v) is 11.3. The fraction of sp³-hybridized carbons (Fsp3) is 0.182. The van der Waals surface area contributed by atoms with Gasteiger partial charge in [-0.15, -0.1) is 0 Å². The number of anilines is 2. The molecule has 31 heavy (non-hydrogen) atoms. The van der Waals surface area contributed by atoms with E-state index in [4.69, 9.17) is 6.57 Å². The molecule has 0 saturated carbocycles. The lowest BCUT2D eigenvalue weighted by molar-refractivity contribution is 0.0817. The van der Waals surface area contributed by atoms with Crippen LogP contribution in [0, 0.1) is 6.57 Å². The second-order valence-corrected chi connectivity index (χ2v) is 9.32. The van der Waals surface area contributed by atoms with Crippen LogP contribution in [0.15, 0.2) is 53.6 Å². The van der Waals surface area contributed by atoms with E-state index in [1.54, 1.807) is 48.3 Å². The van der Waals surface area contributed by atoms with E-state index in [9.17, 15) is 13.2 Å². The summed E-state index contributed by atoms with van der Waals surface area (Å²) in [4.78, 5) is 26.7. The molecule has 0 radical (unpaired) electrons. The van der Waals surface area contributed by atoms with E-state index < -0.39 is 9.84 Å². The first-order chi connectivity index (χ1) is 14.8. The van der Waals surface area contributed by atoms with Gasteiger partial charge < -0.3 is 10.2 Å².